The van der Waals surface area contributed by atoms with Gasteiger partial charge in [-0.25, -0.2) is 24.7 Å². The van der Waals surface area contributed by atoms with Crippen LogP contribution in [0.3, 0.4) is 0 Å². The third kappa shape index (κ3) is 6.58. The number of carbonyl (C=O) groups is 1. The number of alkyl halides is 3. The van der Waals surface area contributed by atoms with Crippen LogP contribution in [0.1, 0.15) is 18.9 Å². The molecule has 1 saturated heterocycles. The predicted molar refractivity (Wildman–Crippen MR) is 143 cm³/mol. The largest absolute Gasteiger partial charge is 0.490 e. The second-order valence-electron chi connectivity index (χ2n) is 9.05. The molecular formula is C26H24F3N9O3. The van der Waals surface area contributed by atoms with E-state index in [0.717, 1.165) is 48.3 Å². The number of piperidine rings is 1. The predicted octanol–water partition coefficient (Wildman–Crippen LogP) is 4.43. The molecule has 0 unspecified atom stereocenters. The maximum atomic E-state index is 10.6. The maximum Gasteiger partial charge on any atom is 0.490 e. The Labute approximate surface area is 230 Å². The summed E-state index contributed by atoms with van der Waals surface area (Å²) < 4.78 is 39.9. The summed E-state index contributed by atoms with van der Waals surface area (Å²) in [4.78, 5) is 26.3. The number of oxazole rings is 1. The van der Waals surface area contributed by atoms with Crippen LogP contribution >= 0.6 is 0 Å². The zero-order valence-electron chi connectivity index (χ0n) is 21.3. The lowest BCUT2D eigenvalue weighted by Gasteiger charge is -2.22. The van der Waals surface area contributed by atoms with Crippen LogP contribution in [0, 0.1) is 0 Å². The molecule has 0 spiro atoms. The van der Waals surface area contributed by atoms with Gasteiger partial charge in [0.05, 0.1) is 17.8 Å². The number of nitrogen functional groups attached to an aromatic ring is 1. The molecule has 0 saturated carbocycles. The minimum atomic E-state index is -5.08. The highest BCUT2D eigenvalue weighted by atomic mass is 19.4. The Kier molecular flexibility index (Phi) is 7.78. The van der Waals surface area contributed by atoms with Gasteiger partial charge in [0.25, 0.3) is 0 Å². The molecule has 1 fully saturated rings. The molecule has 0 aliphatic carbocycles. The molecule has 1 aromatic carbocycles. The van der Waals surface area contributed by atoms with E-state index >= 15 is 0 Å². The van der Waals surface area contributed by atoms with Gasteiger partial charge in [-0.2, -0.15) is 18.3 Å². The average Bonchev–Trinajstić information content (AvgIpc) is 3.62. The molecule has 5 N–H and O–H groups in total. The van der Waals surface area contributed by atoms with Gasteiger partial charge in [0.15, 0.2) is 5.58 Å². The van der Waals surface area contributed by atoms with Gasteiger partial charge in [-0.3, -0.25) is 4.68 Å². The van der Waals surface area contributed by atoms with Gasteiger partial charge in [-0.15, -0.1) is 0 Å². The lowest BCUT2D eigenvalue weighted by Crippen LogP contribution is -2.29. The Bertz CT molecular complexity index is 1650. The number of hydrogen-bond acceptors (Lipinski definition) is 10. The number of rotatable bonds is 5. The summed E-state index contributed by atoms with van der Waals surface area (Å²) in [5, 5.41) is 18.3. The van der Waals surface area contributed by atoms with Crippen molar-refractivity contribution >= 4 is 34.5 Å². The fourth-order valence-electron chi connectivity index (χ4n) is 4.17. The molecule has 0 bridgehead atoms. The van der Waals surface area contributed by atoms with E-state index in [2.05, 4.69) is 46.5 Å². The molecule has 1 aliphatic rings. The number of aromatic nitrogens is 6. The number of hydrogen-bond donors (Lipinski definition) is 4. The van der Waals surface area contributed by atoms with Crippen LogP contribution in [0.15, 0.2) is 65.7 Å². The number of nitrogens with zero attached hydrogens (tertiary/aromatic N) is 6. The van der Waals surface area contributed by atoms with E-state index in [1.165, 1.54) is 0 Å². The number of benzene rings is 1. The van der Waals surface area contributed by atoms with Crippen LogP contribution in [0.2, 0.25) is 0 Å². The smallest absolute Gasteiger partial charge is 0.475 e. The fourth-order valence-corrected chi connectivity index (χ4v) is 4.17. The highest BCUT2D eigenvalue weighted by molar-refractivity contribution is 5.83. The summed E-state index contributed by atoms with van der Waals surface area (Å²) >= 11 is 0. The molecule has 5 aromatic rings. The standard InChI is InChI=1S/C24H23N9O.C2HF3O2/c25-22-19(10-15(12-29-22)16-13-30-33(14-16)18-4-8-26-9-5-18)23-32-20-3-2-17(11-21(20)34-23)31-24-27-6-1-7-28-24;3-2(4,5)1(6)7/h1-3,6-7,10-14,18,26H,4-5,8-9H2,(H2,25,29)(H,27,28,31);(H,6,7). The van der Waals surface area contributed by atoms with Crippen LogP contribution in [-0.4, -0.2) is 60.1 Å². The highest BCUT2D eigenvalue weighted by Crippen LogP contribution is 2.33. The summed E-state index contributed by atoms with van der Waals surface area (Å²) in [6.07, 6.45) is 6.12. The number of carboxylic acid groups (broad SMARTS) is 1. The Hall–Kier alpha value is -5.05. The second-order valence-corrected chi connectivity index (χ2v) is 9.05. The molecule has 212 valence electrons. The van der Waals surface area contributed by atoms with Gasteiger partial charge >= 0.3 is 12.1 Å². The molecule has 1 aliphatic heterocycles. The number of nitrogens with one attached hydrogen (secondary N) is 2. The SMILES string of the molecule is Nc1ncc(-c2cnn(C3CCNCC3)c2)cc1-c1nc2ccc(Nc3ncccn3)cc2o1.O=C(O)C(F)(F)F. The molecule has 0 atom stereocenters. The molecule has 0 amide bonds. The summed E-state index contributed by atoms with van der Waals surface area (Å²) in [6.45, 7) is 2.03. The first-order valence-electron chi connectivity index (χ1n) is 12.4. The normalized spacial score (nSPS) is 13.9. The Balaban J connectivity index is 0.000000431. The van der Waals surface area contributed by atoms with Gasteiger partial charge in [0, 0.05) is 47.7 Å². The van der Waals surface area contributed by atoms with Gasteiger partial charge in [-0.05, 0) is 50.2 Å². The lowest BCUT2D eigenvalue weighted by molar-refractivity contribution is -0.192. The van der Waals surface area contributed by atoms with E-state index < -0.39 is 12.1 Å². The fraction of sp³-hybridized carbons (Fsp3) is 0.231. The first-order chi connectivity index (χ1) is 19.7. The van der Waals surface area contributed by atoms with Crippen molar-refractivity contribution < 1.29 is 27.5 Å². The quantitative estimate of drug-likeness (QED) is 0.237. The van der Waals surface area contributed by atoms with Gasteiger partial charge in [0.2, 0.25) is 11.8 Å². The van der Waals surface area contributed by atoms with Crippen molar-refractivity contribution in [3.63, 3.8) is 0 Å². The van der Waals surface area contributed by atoms with Crippen LogP contribution in [0.25, 0.3) is 33.7 Å². The Morgan fingerprint density at radius 3 is 2.54 bits per heavy atom. The van der Waals surface area contributed by atoms with Crippen LogP contribution in [0.5, 0.6) is 0 Å². The Morgan fingerprint density at radius 2 is 1.83 bits per heavy atom. The summed E-state index contributed by atoms with van der Waals surface area (Å²) in [6, 6.07) is 9.77. The molecule has 41 heavy (non-hydrogen) atoms. The van der Waals surface area contributed by atoms with Crippen molar-refractivity contribution in [2.24, 2.45) is 0 Å². The number of anilines is 3. The third-order valence-corrected chi connectivity index (χ3v) is 6.22. The van der Waals surface area contributed by atoms with E-state index in [0.29, 0.717) is 34.8 Å². The van der Waals surface area contributed by atoms with Crippen molar-refractivity contribution in [3.05, 3.63) is 61.3 Å². The summed E-state index contributed by atoms with van der Waals surface area (Å²) in [5.74, 6) is -1.47. The number of nitrogens with two attached hydrogens (primary N) is 1. The maximum absolute atomic E-state index is 10.6. The lowest BCUT2D eigenvalue weighted by atomic mass is 10.1. The van der Waals surface area contributed by atoms with Crippen LogP contribution < -0.4 is 16.4 Å². The molecular weight excluding hydrogens is 543 g/mol. The monoisotopic (exact) mass is 567 g/mol. The molecule has 0 radical (unpaired) electrons. The first kappa shape index (κ1) is 27.5. The number of aliphatic carboxylic acids is 1. The molecule has 4 aromatic heterocycles. The van der Waals surface area contributed by atoms with Crippen molar-refractivity contribution in [2.75, 3.05) is 24.1 Å². The minimum absolute atomic E-state index is 0.358. The van der Waals surface area contributed by atoms with Gasteiger partial charge in [-0.1, -0.05) is 0 Å². The van der Waals surface area contributed by atoms with E-state index in [1.54, 1.807) is 24.7 Å². The number of pyridine rings is 1. The first-order valence-corrected chi connectivity index (χ1v) is 12.4. The van der Waals surface area contributed by atoms with Crippen molar-refractivity contribution in [1.29, 1.82) is 0 Å². The minimum Gasteiger partial charge on any atom is -0.475 e. The zero-order valence-corrected chi connectivity index (χ0v) is 21.3. The average molecular weight is 568 g/mol. The van der Waals surface area contributed by atoms with Crippen molar-refractivity contribution in [1.82, 2.24) is 35.0 Å². The van der Waals surface area contributed by atoms with Gasteiger partial charge < -0.3 is 25.9 Å². The highest BCUT2D eigenvalue weighted by Gasteiger charge is 2.38. The number of carboxylic acids is 1. The van der Waals surface area contributed by atoms with Crippen LogP contribution in [-0.2, 0) is 4.79 Å². The molecule has 12 nitrogen and oxygen atoms in total. The van der Waals surface area contributed by atoms with Crippen molar-refractivity contribution in [2.45, 2.75) is 25.1 Å². The summed E-state index contributed by atoms with van der Waals surface area (Å²) in [5.41, 5.74) is 10.9. The second kappa shape index (κ2) is 11.6. The molecule has 6 rings (SSSR count). The third-order valence-electron chi connectivity index (χ3n) is 6.22. The van der Waals surface area contributed by atoms with E-state index in [4.69, 9.17) is 20.1 Å². The topological polar surface area (TPSA) is 170 Å². The van der Waals surface area contributed by atoms with Gasteiger partial charge in [0.1, 0.15) is 11.3 Å². The Morgan fingerprint density at radius 1 is 1.10 bits per heavy atom. The van der Waals surface area contributed by atoms with E-state index in [1.807, 2.05) is 30.5 Å². The number of fused-ring (bicyclic) bond motifs is 1. The molecule has 15 heteroatoms. The van der Waals surface area contributed by atoms with Crippen molar-refractivity contribution in [3.8, 4) is 22.6 Å². The van der Waals surface area contributed by atoms with E-state index in [9.17, 15) is 13.2 Å². The van der Waals surface area contributed by atoms with Crippen LogP contribution in [0.4, 0.5) is 30.6 Å². The number of halogens is 3. The zero-order chi connectivity index (χ0) is 29.0. The molecule has 5 heterocycles. The van der Waals surface area contributed by atoms with E-state index in [-0.39, 0.29) is 0 Å². The summed E-state index contributed by atoms with van der Waals surface area (Å²) in [7, 11) is 0.